The fourth-order valence-electron chi connectivity index (χ4n) is 10.9. The van der Waals surface area contributed by atoms with Gasteiger partial charge in [-0.15, -0.1) is 0 Å². The lowest BCUT2D eigenvalue weighted by Crippen LogP contribution is -2.45. The van der Waals surface area contributed by atoms with E-state index >= 15 is 0 Å². The summed E-state index contributed by atoms with van der Waals surface area (Å²) in [6.45, 7) is 4.94. The number of allylic oxidation sites excluding steroid dienone is 1. The molecule has 3 N–H and O–H groups in total. The molecule has 0 aromatic carbocycles. The molecule has 0 saturated heterocycles. The van der Waals surface area contributed by atoms with E-state index in [1.165, 1.54) is 321 Å². The number of aliphatic hydroxyl groups is 2. The Hall–Kier alpha value is -1.40. The maximum Gasteiger partial charge on any atom is 0.305 e. The van der Waals surface area contributed by atoms with E-state index in [0.29, 0.717) is 19.4 Å². The lowest BCUT2D eigenvalue weighted by molar-refractivity contribution is -0.143. The summed E-state index contributed by atoms with van der Waals surface area (Å²) in [5, 5.41) is 23.2. The summed E-state index contributed by atoms with van der Waals surface area (Å²) >= 11 is 0. The molecule has 0 fully saturated rings. The van der Waals surface area contributed by atoms with Crippen LogP contribution in [0.15, 0.2) is 12.2 Å². The number of ether oxygens (including phenoxy) is 1. The quantitative estimate of drug-likeness (QED) is 0.0320. The Morgan fingerprint density at radius 2 is 0.622 bits per heavy atom. The van der Waals surface area contributed by atoms with Crippen LogP contribution in [0, 0.1) is 0 Å². The molecule has 0 aromatic heterocycles. The van der Waals surface area contributed by atoms with E-state index in [0.717, 1.165) is 38.5 Å². The highest BCUT2D eigenvalue weighted by molar-refractivity contribution is 5.76. The maximum atomic E-state index is 12.5. The summed E-state index contributed by atoms with van der Waals surface area (Å²) in [5.74, 6) is -0.0439. The number of nitrogens with one attached hydrogen (secondary N) is 1. The van der Waals surface area contributed by atoms with Gasteiger partial charge in [0.15, 0.2) is 0 Å². The van der Waals surface area contributed by atoms with Gasteiger partial charge in [-0.05, 0) is 32.1 Å². The number of carbonyl (C=O) groups is 2. The van der Waals surface area contributed by atoms with Gasteiger partial charge in [-0.25, -0.2) is 0 Å². The summed E-state index contributed by atoms with van der Waals surface area (Å²) in [6.07, 6.45) is 78.5. The molecule has 74 heavy (non-hydrogen) atoms. The van der Waals surface area contributed by atoms with Crippen LogP contribution >= 0.6 is 0 Å². The zero-order valence-corrected chi connectivity index (χ0v) is 50.4. The lowest BCUT2D eigenvalue weighted by Gasteiger charge is -2.20. The second kappa shape index (κ2) is 64.1. The van der Waals surface area contributed by atoms with E-state index in [2.05, 4.69) is 19.2 Å². The van der Waals surface area contributed by atoms with Crippen molar-refractivity contribution in [2.45, 2.75) is 398 Å². The van der Waals surface area contributed by atoms with E-state index < -0.39 is 12.1 Å². The topological polar surface area (TPSA) is 95.9 Å². The third-order valence-electron chi connectivity index (χ3n) is 16.1. The molecule has 2 atom stereocenters. The Kier molecular flexibility index (Phi) is 62.9. The number of rotatable bonds is 64. The smallest absolute Gasteiger partial charge is 0.305 e. The van der Waals surface area contributed by atoms with Crippen molar-refractivity contribution in [2.75, 3.05) is 13.2 Å². The second-order valence-electron chi connectivity index (χ2n) is 23.5. The average Bonchev–Trinajstić information content (AvgIpc) is 3.40. The molecular formula is C68H133NO5. The fourth-order valence-corrected chi connectivity index (χ4v) is 10.9. The van der Waals surface area contributed by atoms with Crippen LogP contribution in [0.2, 0.25) is 0 Å². The highest BCUT2D eigenvalue weighted by Crippen LogP contribution is 2.19. The van der Waals surface area contributed by atoms with Gasteiger partial charge >= 0.3 is 5.97 Å². The standard InChI is InChI=1S/C68H133NO5/c1-3-5-7-9-11-13-15-17-18-19-27-30-33-37-40-44-48-52-56-60-66(71)65(64-70)69-67(72)61-57-53-49-45-41-38-34-31-28-25-23-21-20-22-24-26-29-32-35-39-43-47-51-55-59-63-74-68(73)62-58-54-50-46-42-36-16-14-12-10-8-6-4-2/h56,60,65-66,70-71H,3-55,57-59,61-64H2,1-2H3,(H,69,72)/b60-56+. The van der Waals surface area contributed by atoms with Gasteiger partial charge in [-0.2, -0.15) is 0 Å². The highest BCUT2D eigenvalue weighted by atomic mass is 16.5. The Morgan fingerprint density at radius 3 is 0.919 bits per heavy atom. The van der Waals surface area contributed by atoms with Crippen molar-refractivity contribution in [1.82, 2.24) is 5.32 Å². The van der Waals surface area contributed by atoms with Crippen LogP contribution in [-0.4, -0.2) is 47.4 Å². The van der Waals surface area contributed by atoms with Crippen molar-refractivity contribution in [3.63, 3.8) is 0 Å². The molecule has 0 rings (SSSR count). The lowest BCUT2D eigenvalue weighted by atomic mass is 10.0. The normalized spacial score (nSPS) is 12.5. The molecule has 6 heteroatoms. The van der Waals surface area contributed by atoms with Gasteiger partial charge in [0.25, 0.3) is 0 Å². The molecule has 1 amide bonds. The number of hydrogen-bond donors (Lipinski definition) is 3. The molecule has 6 nitrogen and oxygen atoms in total. The molecule has 440 valence electrons. The first-order valence-electron chi connectivity index (χ1n) is 34.0. The van der Waals surface area contributed by atoms with Crippen LogP contribution in [0.25, 0.3) is 0 Å². The minimum atomic E-state index is -0.843. The molecule has 0 bridgehead atoms. The number of hydrogen-bond acceptors (Lipinski definition) is 5. The minimum Gasteiger partial charge on any atom is -0.466 e. The van der Waals surface area contributed by atoms with Gasteiger partial charge < -0.3 is 20.3 Å². The summed E-state index contributed by atoms with van der Waals surface area (Å²) < 4.78 is 5.49. The SMILES string of the molecule is CCCCCCCCCCCCCCCCCCC/C=C/C(O)C(CO)NC(=O)CCCCCCCCCCCCCCCCCCCCCCCCCCCOC(=O)CCCCCCCCCCCCCCC. The molecule has 0 aliphatic rings. The summed E-state index contributed by atoms with van der Waals surface area (Å²) in [6, 6.07) is -0.626. The molecule has 0 aromatic rings. The highest BCUT2D eigenvalue weighted by Gasteiger charge is 2.18. The first-order chi connectivity index (χ1) is 36.5. The van der Waals surface area contributed by atoms with Crippen LogP contribution in [0.3, 0.4) is 0 Å². The van der Waals surface area contributed by atoms with Crippen molar-refractivity contribution in [3.8, 4) is 0 Å². The largest absolute Gasteiger partial charge is 0.466 e. The molecule has 0 radical (unpaired) electrons. The van der Waals surface area contributed by atoms with Crippen LogP contribution in [0.4, 0.5) is 0 Å². The molecule has 0 saturated carbocycles. The van der Waals surface area contributed by atoms with Crippen molar-refractivity contribution in [1.29, 1.82) is 0 Å². The van der Waals surface area contributed by atoms with Crippen molar-refractivity contribution < 1.29 is 24.5 Å². The van der Waals surface area contributed by atoms with Crippen LogP contribution in [0.1, 0.15) is 386 Å². The van der Waals surface area contributed by atoms with Crippen LogP contribution < -0.4 is 5.32 Å². The van der Waals surface area contributed by atoms with Gasteiger partial charge in [-0.1, -0.05) is 353 Å². The monoisotopic (exact) mass is 1040 g/mol. The summed E-state index contributed by atoms with van der Waals surface area (Å²) in [5.41, 5.74) is 0. The number of aliphatic hydroxyl groups excluding tert-OH is 2. The third kappa shape index (κ3) is 59.8. The fraction of sp³-hybridized carbons (Fsp3) is 0.941. The third-order valence-corrected chi connectivity index (χ3v) is 16.1. The molecule has 0 spiro atoms. The number of esters is 1. The van der Waals surface area contributed by atoms with Crippen molar-refractivity contribution in [3.05, 3.63) is 12.2 Å². The molecular weight excluding hydrogens is 911 g/mol. The van der Waals surface area contributed by atoms with E-state index in [1.807, 2.05) is 6.08 Å². The van der Waals surface area contributed by atoms with Gasteiger partial charge in [0.05, 0.1) is 25.4 Å². The van der Waals surface area contributed by atoms with E-state index in [1.54, 1.807) is 6.08 Å². The second-order valence-corrected chi connectivity index (χ2v) is 23.5. The molecule has 2 unspecified atom stereocenters. The predicted octanol–water partition coefficient (Wildman–Crippen LogP) is 21.6. The molecule has 0 heterocycles. The zero-order valence-electron chi connectivity index (χ0n) is 50.4. The first kappa shape index (κ1) is 72.6. The van der Waals surface area contributed by atoms with E-state index in [-0.39, 0.29) is 18.5 Å². The van der Waals surface area contributed by atoms with Crippen molar-refractivity contribution >= 4 is 11.9 Å². The Labute approximate surface area is 463 Å². The van der Waals surface area contributed by atoms with Crippen LogP contribution in [-0.2, 0) is 14.3 Å². The number of unbranched alkanes of at least 4 members (excludes halogenated alkanes) is 53. The maximum absolute atomic E-state index is 12.5. The molecule has 0 aliphatic carbocycles. The van der Waals surface area contributed by atoms with Gasteiger partial charge in [-0.3, -0.25) is 9.59 Å². The summed E-state index contributed by atoms with van der Waals surface area (Å²) in [7, 11) is 0. The van der Waals surface area contributed by atoms with Gasteiger partial charge in [0.2, 0.25) is 5.91 Å². The average molecular weight is 1040 g/mol. The Morgan fingerprint density at radius 1 is 0.365 bits per heavy atom. The zero-order chi connectivity index (χ0) is 53.6. The van der Waals surface area contributed by atoms with Gasteiger partial charge in [0.1, 0.15) is 0 Å². The number of carbonyl (C=O) groups excluding carboxylic acids is 2. The first-order valence-corrected chi connectivity index (χ1v) is 34.0. The van der Waals surface area contributed by atoms with E-state index in [9.17, 15) is 19.8 Å². The summed E-state index contributed by atoms with van der Waals surface area (Å²) in [4.78, 5) is 24.6. The minimum absolute atomic E-state index is 0.0184. The number of amides is 1. The Bertz CT molecular complexity index is 1110. The van der Waals surface area contributed by atoms with Crippen molar-refractivity contribution in [2.24, 2.45) is 0 Å². The van der Waals surface area contributed by atoms with E-state index in [4.69, 9.17) is 4.74 Å². The predicted molar refractivity (Wildman–Crippen MR) is 324 cm³/mol. The van der Waals surface area contributed by atoms with Crippen LogP contribution in [0.5, 0.6) is 0 Å². The van der Waals surface area contributed by atoms with Gasteiger partial charge in [0, 0.05) is 12.8 Å². The Balaban J connectivity index is 3.38. The molecule has 0 aliphatic heterocycles.